The lowest BCUT2D eigenvalue weighted by molar-refractivity contribution is -0.136. The van der Waals surface area contributed by atoms with Gasteiger partial charge in [0.2, 0.25) is 5.78 Å². The third-order valence-corrected chi connectivity index (χ3v) is 5.67. The Hall–Kier alpha value is -3.51. The zero-order chi connectivity index (χ0) is 23.4. The summed E-state index contributed by atoms with van der Waals surface area (Å²) >= 11 is 5.93. The molecule has 1 atom stereocenters. The minimum atomic E-state index is -0.594. The van der Waals surface area contributed by atoms with Gasteiger partial charge in [-0.05, 0) is 55.8 Å². The van der Waals surface area contributed by atoms with Gasteiger partial charge in [-0.2, -0.15) is 0 Å². The Balaban J connectivity index is 1.36. The molecular formula is C26H24ClNO5. The number of aromatic nitrogens is 1. The Bertz CT molecular complexity index is 1210. The largest absolute Gasteiger partial charge is 0.486 e. The van der Waals surface area contributed by atoms with Gasteiger partial charge in [0.1, 0.15) is 6.61 Å². The maximum Gasteiger partial charge on any atom is 0.331 e. The number of carbonyl (C=O) groups excluding carboxylic acids is 2. The van der Waals surface area contributed by atoms with Gasteiger partial charge in [-0.25, -0.2) is 4.79 Å². The number of nitrogens with zero attached hydrogens (tertiary/aromatic N) is 1. The van der Waals surface area contributed by atoms with Gasteiger partial charge in [-0.15, -0.1) is 0 Å². The number of carbonyl (C=O) groups is 2. The molecule has 1 aromatic heterocycles. The van der Waals surface area contributed by atoms with Crippen LogP contribution in [-0.2, 0) is 16.1 Å². The third kappa shape index (κ3) is 5.46. The van der Waals surface area contributed by atoms with Crippen molar-refractivity contribution >= 4 is 29.4 Å². The number of hydrogen-bond acceptors (Lipinski definition) is 5. The van der Waals surface area contributed by atoms with Gasteiger partial charge in [-0.3, -0.25) is 4.79 Å². The fourth-order valence-corrected chi connectivity index (χ4v) is 3.96. The highest BCUT2D eigenvalue weighted by atomic mass is 35.5. The highest BCUT2D eigenvalue weighted by Crippen LogP contribution is 2.31. The topological polar surface area (TPSA) is 66.8 Å². The van der Waals surface area contributed by atoms with Crippen molar-refractivity contribution in [2.75, 3.05) is 13.2 Å². The lowest BCUT2D eigenvalue weighted by atomic mass is 10.1. The van der Waals surface area contributed by atoms with Gasteiger partial charge in [-0.1, -0.05) is 35.9 Å². The zero-order valence-electron chi connectivity index (χ0n) is 18.4. The molecule has 0 fully saturated rings. The van der Waals surface area contributed by atoms with Crippen molar-refractivity contribution < 1.29 is 23.8 Å². The molecular weight excluding hydrogens is 442 g/mol. The Morgan fingerprint density at radius 2 is 1.91 bits per heavy atom. The van der Waals surface area contributed by atoms with E-state index in [2.05, 4.69) is 0 Å². The molecule has 0 saturated carbocycles. The number of Topliss-reactive ketones (excluding diaryl/α,β-unsaturated/α-hetero) is 1. The summed E-state index contributed by atoms with van der Waals surface area (Å²) < 4.78 is 19.0. The van der Waals surface area contributed by atoms with Crippen LogP contribution in [0.25, 0.3) is 6.08 Å². The van der Waals surface area contributed by atoms with Crippen molar-refractivity contribution in [1.29, 1.82) is 0 Å². The smallest absolute Gasteiger partial charge is 0.331 e. The van der Waals surface area contributed by atoms with Crippen LogP contribution in [-0.4, -0.2) is 35.6 Å². The van der Waals surface area contributed by atoms with Gasteiger partial charge < -0.3 is 18.8 Å². The number of ketones is 1. The minimum Gasteiger partial charge on any atom is -0.486 e. The standard InChI is InChI=1S/C26H24ClNO5/c1-17-12-22(23(29)16-32-26(30)11-10-19-6-5-7-20(27)13-19)18(2)28(17)14-21-15-31-24-8-3-4-9-25(24)33-21/h3-13,21H,14-16H2,1-2H3. The van der Waals surface area contributed by atoms with Crippen LogP contribution in [0.1, 0.15) is 27.3 Å². The van der Waals surface area contributed by atoms with Crippen LogP contribution in [0.15, 0.2) is 60.7 Å². The van der Waals surface area contributed by atoms with Crippen LogP contribution in [0.5, 0.6) is 11.5 Å². The monoisotopic (exact) mass is 465 g/mol. The van der Waals surface area contributed by atoms with Crippen LogP contribution in [0.4, 0.5) is 0 Å². The molecule has 33 heavy (non-hydrogen) atoms. The summed E-state index contributed by atoms with van der Waals surface area (Å²) in [6.07, 6.45) is 2.69. The number of rotatable bonds is 7. The average molecular weight is 466 g/mol. The van der Waals surface area contributed by atoms with Gasteiger partial charge in [0.25, 0.3) is 0 Å². The highest BCUT2D eigenvalue weighted by Gasteiger charge is 2.24. The molecule has 0 radical (unpaired) electrons. The SMILES string of the molecule is Cc1cc(C(=O)COC(=O)C=Cc2cccc(Cl)c2)c(C)n1CC1COc2ccccc2O1. The first-order valence-electron chi connectivity index (χ1n) is 10.6. The van der Waals surface area contributed by atoms with Crippen molar-refractivity contribution in [3.8, 4) is 11.5 Å². The molecule has 0 N–H and O–H groups in total. The predicted octanol–water partition coefficient (Wildman–Crippen LogP) is 5.04. The third-order valence-electron chi connectivity index (χ3n) is 5.43. The molecule has 6 nitrogen and oxygen atoms in total. The van der Waals surface area contributed by atoms with Crippen molar-refractivity contribution in [2.45, 2.75) is 26.5 Å². The van der Waals surface area contributed by atoms with E-state index in [4.69, 9.17) is 25.8 Å². The summed E-state index contributed by atoms with van der Waals surface area (Å²) in [5, 5.41) is 0.574. The fourth-order valence-electron chi connectivity index (χ4n) is 3.76. The molecule has 0 aliphatic carbocycles. The molecule has 1 aliphatic rings. The molecule has 0 bridgehead atoms. The Morgan fingerprint density at radius 1 is 1.12 bits per heavy atom. The number of para-hydroxylation sites is 2. The van der Waals surface area contributed by atoms with Crippen LogP contribution in [0.2, 0.25) is 5.02 Å². The summed E-state index contributed by atoms with van der Waals surface area (Å²) in [6.45, 7) is 4.44. The van der Waals surface area contributed by atoms with Gasteiger partial charge >= 0.3 is 5.97 Å². The molecule has 2 aromatic carbocycles. The Labute approximate surface area is 197 Å². The quantitative estimate of drug-likeness (QED) is 0.278. The number of hydrogen-bond donors (Lipinski definition) is 0. The van der Waals surface area contributed by atoms with Gasteiger partial charge in [0, 0.05) is 28.0 Å². The first-order chi connectivity index (χ1) is 15.9. The second kappa shape index (κ2) is 9.96. The summed E-state index contributed by atoms with van der Waals surface area (Å²) in [7, 11) is 0. The molecule has 0 saturated heterocycles. The van der Waals surface area contributed by atoms with E-state index in [1.807, 2.05) is 54.8 Å². The van der Waals surface area contributed by atoms with Crippen LogP contribution in [0.3, 0.4) is 0 Å². The second-order valence-corrected chi connectivity index (χ2v) is 8.25. The molecule has 1 aliphatic heterocycles. The van der Waals surface area contributed by atoms with Crippen LogP contribution < -0.4 is 9.47 Å². The molecule has 0 amide bonds. The first kappa shape index (κ1) is 22.7. The van der Waals surface area contributed by atoms with Gasteiger partial charge in [0.15, 0.2) is 24.2 Å². The highest BCUT2D eigenvalue weighted by molar-refractivity contribution is 6.30. The number of halogens is 1. The van der Waals surface area contributed by atoms with Gasteiger partial charge in [0.05, 0.1) is 6.54 Å². The summed E-state index contributed by atoms with van der Waals surface area (Å²) in [4.78, 5) is 24.7. The average Bonchev–Trinajstić information content (AvgIpc) is 3.09. The fraction of sp³-hybridized carbons (Fsp3) is 0.231. The summed E-state index contributed by atoms with van der Waals surface area (Å²) in [6, 6.07) is 16.4. The number of ether oxygens (including phenoxy) is 3. The number of fused-ring (bicyclic) bond motifs is 1. The Morgan fingerprint density at radius 3 is 2.70 bits per heavy atom. The minimum absolute atomic E-state index is 0.179. The molecule has 4 rings (SSSR count). The molecule has 7 heteroatoms. The first-order valence-corrected chi connectivity index (χ1v) is 11.0. The van der Waals surface area contributed by atoms with E-state index in [1.54, 1.807) is 24.3 Å². The van der Waals surface area contributed by atoms with E-state index in [1.165, 1.54) is 6.08 Å². The van der Waals surface area contributed by atoms with Crippen LogP contribution in [0, 0.1) is 13.8 Å². The van der Waals surface area contributed by atoms with Crippen molar-refractivity contribution in [1.82, 2.24) is 4.57 Å². The second-order valence-electron chi connectivity index (χ2n) is 7.81. The zero-order valence-corrected chi connectivity index (χ0v) is 19.2. The molecule has 1 unspecified atom stereocenters. The van der Waals surface area contributed by atoms with E-state index >= 15 is 0 Å². The Kier molecular flexibility index (Phi) is 6.84. The van der Waals surface area contributed by atoms with E-state index in [0.29, 0.717) is 29.5 Å². The van der Waals surface area contributed by atoms with E-state index in [9.17, 15) is 9.59 Å². The summed E-state index contributed by atoms with van der Waals surface area (Å²) in [5.41, 5.74) is 3.01. The van der Waals surface area contributed by atoms with E-state index in [-0.39, 0.29) is 18.5 Å². The molecule has 0 spiro atoms. The maximum atomic E-state index is 12.7. The lowest BCUT2D eigenvalue weighted by Gasteiger charge is -2.27. The molecule has 2 heterocycles. The molecule has 170 valence electrons. The van der Waals surface area contributed by atoms with Crippen molar-refractivity contribution in [3.05, 3.63) is 88.2 Å². The number of aryl methyl sites for hydroxylation is 1. The predicted molar refractivity (Wildman–Crippen MR) is 126 cm³/mol. The number of benzene rings is 2. The van der Waals surface area contributed by atoms with E-state index in [0.717, 1.165) is 22.7 Å². The van der Waals surface area contributed by atoms with Crippen molar-refractivity contribution in [2.24, 2.45) is 0 Å². The summed E-state index contributed by atoms with van der Waals surface area (Å²) in [5.74, 6) is 0.593. The maximum absolute atomic E-state index is 12.7. The normalized spacial score (nSPS) is 14.9. The van der Waals surface area contributed by atoms with E-state index < -0.39 is 5.97 Å². The molecule has 3 aromatic rings. The van der Waals surface area contributed by atoms with Crippen LogP contribution >= 0.6 is 11.6 Å². The van der Waals surface area contributed by atoms with Crippen molar-refractivity contribution in [3.63, 3.8) is 0 Å². The lowest BCUT2D eigenvalue weighted by Crippen LogP contribution is -2.33. The number of esters is 1.